The number of halogens is 1. The van der Waals surface area contributed by atoms with Gasteiger partial charge in [-0.2, -0.15) is 0 Å². The molecule has 0 aliphatic heterocycles. The summed E-state index contributed by atoms with van der Waals surface area (Å²) in [5.41, 5.74) is 2.79. The van der Waals surface area contributed by atoms with Gasteiger partial charge >= 0.3 is 5.97 Å². The van der Waals surface area contributed by atoms with Crippen LogP contribution in [-0.2, 0) is 27.3 Å². The Kier molecular flexibility index (Phi) is 6.95. The molecule has 1 fully saturated rings. The van der Waals surface area contributed by atoms with Gasteiger partial charge in [-0.3, -0.25) is 9.59 Å². The first-order valence-corrected chi connectivity index (χ1v) is 11.2. The average Bonchev–Trinajstić information content (AvgIpc) is 3.46. The number of hydrogen-bond donors (Lipinski definition) is 0. The number of carbonyl (C=O) groups is 2. The number of esters is 1. The summed E-state index contributed by atoms with van der Waals surface area (Å²) >= 11 is 6.01. The number of ketones is 1. The Morgan fingerprint density at radius 3 is 2.50 bits per heavy atom. The fourth-order valence-electron chi connectivity index (χ4n) is 4.03. The molecule has 7 nitrogen and oxygen atoms in total. The molecule has 0 radical (unpaired) electrons. The summed E-state index contributed by atoms with van der Waals surface area (Å²) in [7, 11) is 0. The van der Waals surface area contributed by atoms with Crippen LogP contribution >= 0.6 is 11.6 Å². The van der Waals surface area contributed by atoms with Crippen molar-refractivity contribution in [2.45, 2.75) is 51.2 Å². The Hall–Kier alpha value is -3.06. The lowest BCUT2D eigenvalue weighted by Crippen LogP contribution is -2.21. The van der Waals surface area contributed by atoms with E-state index in [0.717, 1.165) is 36.0 Å². The molecule has 32 heavy (non-hydrogen) atoms. The van der Waals surface area contributed by atoms with Crippen molar-refractivity contribution in [3.8, 4) is 0 Å². The van der Waals surface area contributed by atoms with E-state index in [1.807, 2.05) is 43.3 Å². The Bertz CT molecular complexity index is 1050. The van der Waals surface area contributed by atoms with Crippen molar-refractivity contribution in [3.63, 3.8) is 0 Å². The maximum absolute atomic E-state index is 13.0. The van der Waals surface area contributed by atoms with E-state index >= 15 is 0 Å². The first-order chi connectivity index (χ1) is 15.5. The predicted molar refractivity (Wildman–Crippen MR) is 119 cm³/mol. The summed E-state index contributed by atoms with van der Waals surface area (Å²) in [5, 5.41) is 11.8. The number of ether oxygens (including phenoxy) is 1. The van der Waals surface area contributed by atoms with Crippen LogP contribution in [0.15, 0.2) is 54.9 Å². The van der Waals surface area contributed by atoms with Gasteiger partial charge in [0, 0.05) is 17.4 Å². The standard InChI is InChI=1S/C24H25ClN4O3/c1-16(18-7-5-17(6-8-18)13-20-3-2-4-22(20)30)24(31)32-23(14-29-15-26-27-28-29)19-9-11-21(25)12-10-19/h5-12,15-16,20,23H,2-4,13-14H2,1H3/t16-,20?,23?/m0/s1. The quantitative estimate of drug-likeness (QED) is 0.473. The SMILES string of the molecule is C[C@H](C(=O)OC(Cn1cnnn1)c1ccc(Cl)cc1)c1ccc(CC2CCCC2=O)cc1. The van der Waals surface area contributed by atoms with Crippen molar-refractivity contribution in [1.29, 1.82) is 0 Å². The second-order valence-corrected chi connectivity index (χ2v) is 8.67. The molecule has 1 saturated carbocycles. The van der Waals surface area contributed by atoms with Crippen molar-refractivity contribution in [2.75, 3.05) is 0 Å². The van der Waals surface area contributed by atoms with Crippen LogP contribution in [0, 0.1) is 5.92 Å². The molecular formula is C24H25ClN4O3. The van der Waals surface area contributed by atoms with E-state index < -0.39 is 12.0 Å². The van der Waals surface area contributed by atoms with Crippen molar-refractivity contribution in [1.82, 2.24) is 20.2 Å². The van der Waals surface area contributed by atoms with Crippen LogP contribution in [-0.4, -0.2) is 32.0 Å². The molecule has 0 saturated heterocycles. The number of carbonyl (C=O) groups excluding carboxylic acids is 2. The third kappa shape index (κ3) is 5.40. The van der Waals surface area contributed by atoms with Gasteiger partial charge in [0.2, 0.25) is 0 Å². The van der Waals surface area contributed by atoms with Crippen LogP contribution in [0.1, 0.15) is 54.9 Å². The van der Waals surface area contributed by atoms with Crippen molar-refractivity contribution >= 4 is 23.4 Å². The molecule has 2 unspecified atom stereocenters. The van der Waals surface area contributed by atoms with E-state index in [4.69, 9.17) is 16.3 Å². The summed E-state index contributed by atoms with van der Waals surface area (Å²) < 4.78 is 7.40. The molecule has 0 bridgehead atoms. The van der Waals surface area contributed by atoms with Gasteiger partial charge in [0.25, 0.3) is 0 Å². The first-order valence-electron chi connectivity index (χ1n) is 10.8. The van der Waals surface area contributed by atoms with Crippen LogP contribution < -0.4 is 0 Å². The minimum atomic E-state index is -0.557. The lowest BCUT2D eigenvalue weighted by atomic mass is 9.94. The second kappa shape index (κ2) is 10.0. The Morgan fingerprint density at radius 1 is 1.16 bits per heavy atom. The van der Waals surface area contributed by atoms with E-state index in [0.29, 0.717) is 23.8 Å². The fourth-order valence-corrected chi connectivity index (χ4v) is 4.16. The molecule has 4 rings (SSSR count). The summed E-state index contributed by atoms with van der Waals surface area (Å²) in [6.45, 7) is 2.12. The highest BCUT2D eigenvalue weighted by atomic mass is 35.5. The molecule has 1 aliphatic carbocycles. The molecule has 166 valence electrons. The monoisotopic (exact) mass is 452 g/mol. The maximum atomic E-state index is 13.0. The minimum absolute atomic E-state index is 0.134. The van der Waals surface area contributed by atoms with Gasteiger partial charge in [0.05, 0.1) is 12.5 Å². The molecule has 2 aromatic carbocycles. The molecule has 1 aromatic heterocycles. The number of hydrogen-bond acceptors (Lipinski definition) is 6. The Labute approximate surface area is 191 Å². The zero-order chi connectivity index (χ0) is 22.5. The molecule has 3 aromatic rings. The van der Waals surface area contributed by atoms with E-state index in [-0.39, 0.29) is 11.9 Å². The van der Waals surface area contributed by atoms with Gasteiger partial charge in [-0.1, -0.05) is 48.0 Å². The summed E-state index contributed by atoms with van der Waals surface area (Å²) in [6, 6.07) is 15.1. The number of Topliss-reactive ketones (excluding diaryl/α,β-unsaturated/α-hetero) is 1. The average molecular weight is 453 g/mol. The largest absolute Gasteiger partial charge is 0.455 e. The van der Waals surface area contributed by atoms with E-state index in [2.05, 4.69) is 15.5 Å². The predicted octanol–water partition coefficient (Wildman–Crippen LogP) is 4.33. The van der Waals surface area contributed by atoms with Crippen LogP contribution in [0.3, 0.4) is 0 Å². The number of rotatable bonds is 8. The topological polar surface area (TPSA) is 87.0 Å². The van der Waals surface area contributed by atoms with Gasteiger partial charge in [-0.25, -0.2) is 4.68 Å². The van der Waals surface area contributed by atoms with E-state index in [9.17, 15) is 9.59 Å². The molecule has 8 heteroatoms. The first kappa shape index (κ1) is 22.1. The van der Waals surface area contributed by atoms with Crippen LogP contribution in [0.5, 0.6) is 0 Å². The van der Waals surface area contributed by atoms with Gasteiger partial charge in [-0.15, -0.1) is 5.10 Å². The van der Waals surface area contributed by atoms with Gasteiger partial charge in [-0.05, 0) is 65.4 Å². The lowest BCUT2D eigenvalue weighted by Gasteiger charge is -2.21. The highest BCUT2D eigenvalue weighted by Gasteiger charge is 2.26. The van der Waals surface area contributed by atoms with Crippen LogP contribution in [0.25, 0.3) is 0 Å². The zero-order valence-corrected chi connectivity index (χ0v) is 18.6. The van der Waals surface area contributed by atoms with E-state index in [1.165, 1.54) is 11.0 Å². The molecular weight excluding hydrogens is 428 g/mol. The third-order valence-corrected chi connectivity index (χ3v) is 6.24. The molecule has 1 aliphatic rings. The van der Waals surface area contributed by atoms with Crippen LogP contribution in [0.2, 0.25) is 5.02 Å². The molecule has 0 N–H and O–H groups in total. The third-order valence-electron chi connectivity index (χ3n) is 5.99. The number of nitrogens with zero attached hydrogens (tertiary/aromatic N) is 4. The normalized spacial score (nSPS) is 17.8. The van der Waals surface area contributed by atoms with E-state index in [1.54, 1.807) is 12.1 Å². The minimum Gasteiger partial charge on any atom is -0.455 e. The summed E-state index contributed by atoms with van der Waals surface area (Å²) in [5.74, 6) is -0.283. The van der Waals surface area contributed by atoms with Gasteiger partial charge in [0.15, 0.2) is 0 Å². The van der Waals surface area contributed by atoms with Crippen LogP contribution in [0.4, 0.5) is 0 Å². The Balaban J connectivity index is 1.43. The fraction of sp³-hybridized carbons (Fsp3) is 0.375. The highest BCUT2D eigenvalue weighted by Crippen LogP contribution is 2.28. The molecule has 1 heterocycles. The highest BCUT2D eigenvalue weighted by molar-refractivity contribution is 6.30. The van der Waals surface area contributed by atoms with Crippen molar-refractivity contribution < 1.29 is 14.3 Å². The summed E-state index contributed by atoms with van der Waals surface area (Å²) in [4.78, 5) is 24.9. The van der Waals surface area contributed by atoms with Gasteiger partial charge in [0.1, 0.15) is 18.2 Å². The molecule has 0 spiro atoms. The lowest BCUT2D eigenvalue weighted by molar-refractivity contribution is -0.151. The van der Waals surface area contributed by atoms with Crippen molar-refractivity contribution in [3.05, 3.63) is 76.6 Å². The maximum Gasteiger partial charge on any atom is 0.313 e. The van der Waals surface area contributed by atoms with Crippen molar-refractivity contribution in [2.24, 2.45) is 5.92 Å². The van der Waals surface area contributed by atoms with Gasteiger partial charge < -0.3 is 4.74 Å². The number of aromatic nitrogens is 4. The zero-order valence-electron chi connectivity index (χ0n) is 17.9. The Morgan fingerprint density at radius 2 is 1.88 bits per heavy atom. The summed E-state index contributed by atoms with van der Waals surface area (Å²) in [6.07, 6.45) is 4.35. The number of tetrazole rings is 1. The second-order valence-electron chi connectivity index (χ2n) is 8.23. The molecule has 0 amide bonds. The number of benzene rings is 2. The molecule has 3 atom stereocenters. The smallest absolute Gasteiger partial charge is 0.313 e.